The van der Waals surface area contributed by atoms with Crippen LogP contribution >= 0.6 is 11.3 Å². The summed E-state index contributed by atoms with van der Waals surface area (Å²) in [5.74, 6) is 0.727. The normalized spacial score (nSPS) is 13.6. The first kappa shape index (κ1) is 13.1. The monoisotopic (exact) mass is 284 g/mol. The average Bonchev–Trinajstić information content (AvgIpc) is 3.00. The first-order valence-electron chi connectivity index (χ1n) is 6.92. The molecule has 3 rings (SSSR count). The summed E-state index contributed by atoms with van der Waals surface area (Å²) < 4.78 is 0. The summed E-state index contributed by atoms with van der Waals surface area (Å²) in [6.45, 7) is 0.758. The van der Waals surface area contributed by atoms with Gasteiger partial charge in [-0.05, 0) is 37.3 Å². The maximum atomic E-state index is 9.26. The Kier molecular flexibility index (Phi) is 3.93. The van der Waals surface area contributed by atoms with E-state index in [4.69, 9.17) is 0 Å². The van der Waals surface area contributed by atoms with Gasteiger partial charge in [-0.3, -0.25) is 0 Å². The third-order valence-electron chi connectivity index (χ3n) is 3.54. The molecule has 4 nitrogen and oxygen atoms in total. The maximum Gasteiger partial charge on any atom is 0.144 e. The topological polar surface area (TPSA) is 61.6 Å². The molecular formula is C15H16N4S. The fourth-order valence-electron chi connectivity index (χ4n) is 2.52. The maximum absolute atomic E-state index is 9.26. The van der Waals surface area contributed by atoms with Crippen molar-refractivity contribution in [3.63, 3.8) is 0 Å². The van der Waals surface area contributed by atoms with E-state index in [1.807, 2.05) is 17.6 Å². The molecule has 2 aromatic heterocycles. The minimum atomic E-state index is 0.657. The van der Waals surface area contributed by atoms with E-state index in [0.717, 1.165) is 42.3 Å². The molecular weight excluding hydrogens is 268 g/mol. The average molecular weight is 284 g/mol. The largest absolute Gasteiger partial charge is 0.369 e. The van der Waals surface area contributed by atoms with E-state index in [-0.39, 0.29) is 0 Å². The molecule has 0 aliphatic heterocycles. The Bertz CT molecular complexity index is 628. The Labute approximate surface area is 122 Å². The van der Waals surface area contributed by atoms with Crippen molar-refractivity contribution in [1.29, 1.82) is 5.26 Å². The van der Waals surface area contributed by atoms with Gasteiger partial charge in [0, 0.05) is 30.2 Å². The summed E-state index contributed by atoms with van der Waals surface area (Å²) in [4.78, 5) is 8.91. The van der Waals surface area contributed by atoms with E-state index in [1.54, 1.807) is 11.3 Å². The van der Waals surface area contributed by atoms with Crippen molar-refractivity contribution in [3.05, 3.63) is 39.5 Å². The van der Waals surface area contributed by atoms with Crippen LogP contribution in [0.5, 0.6) is 0 Å². The van der Waals surface area contributed by atoms with Crippen LogP contribution in [-0.4, -0.2) is 16.5 Å². The second kappa shape index (κ2) is 6.02. The summed E-state index contributed by atoms with van der Waals surface area (Å²) >= 11 is 1.65. The number of nitriles is 1. The lowest BCUT2D eigenvalue weighted by Crippen LogP contribution is -2.12. The van der Waals surface area contributed by atoms with Crippen LogP contribution in [0.25, 0.3) is 0 Å². The number of aromatic nitrogens is 2. The summed E-state index contributed by atoms with van der Waals surface area (Å²) in [7, 11) is 0. The second-order valence-corrected chi connectivity index (χ2v) is 5.89. The Morgan fingerprint density at radius 2 is 2.25 bits per heavy atom. The van der Waals surface area contributed by atoms with Crippen molar-refractivity contribution in [1.82, 2.24) is 9.97 Å². The van der Waals surface area contributed by atoms with E-state index in [1.165, 1.54) is 18.4 Å². The van der Waals surface area contributed by atoms with Gasteiger partial charge in [-0.25, -0.2) is 9.97 Å². The quantitative estimate of drug-likeness (QED) is 0.937. The van der Waals surface area contributed by atoms with Crippen LogP contribution in [0.2, 0.25) is 0 Å². The van der Waals surface area contributed by atoms with Gasteiger partial charge < -0.3 is 5.32 Å². The predicted molar refractivity (Wildman–Crippen MR) is 79.9 cm³/mol. The number of hydrogen-bond donors (Lipinski definition) is 1. The number of nitrogens with zero attached hydrogens (tertiary/aromatic N) is 3. The standard InChI is InChI=1S/C15H16N4S/c16-10-12-9-11-3-1-2-4-13(11)19-15(12)18-6-5-14-17-7-8-20-14/h7-9H,1-6H2,(H,18,19). The number of pyridine rings is 1. The van der Waals surface area contributed by atoms with Gasteiger partial charge >= 0.3 is 0 Å². The molecule has 0 fully saturated rings. The Morgan fingerprint density at radius 3 is 3.05 bits per heavy atom. The summed E-state index contributed by atoms with van der Waals surface area (Å²) in [5.41, 5.74) is 3.06. The highest BCUT2D eigenvalue weighted by atomic mass is 32.1. The number of nitrogens with one attached hydrogen (secondary N) is 1. The van der Waals surface area contributed by atoms with E-state index in [0.29, 0.717) is 5.56 Å². The van der Waals surface area contributed by atoms with Gasteiger partial charge in [-0.1, -0.05) is 0 Å². The van der Waals surface area contributed by atoms with Crippen molar-refractivity contribution in [3.8, 4) is 6.07 Å². The van der Waals surface area contributed by atoms with Crippen LogP contribution in [0.3, 0.4) is 0 Å². The van der Waals surface area contributed by atoms with E-state index < -0.39 is 0 Å². The van der Waals surface area contributed by atoms with Crippen LogP contribution in [0.15, 0.2) is 17.6 Å². The molecule has 0 unspecified atom stereocenters. The minimum absolute atomic E-state index is 0.657. The van der Waals surface area contributed by atoms with Crippen molar-refractivity contribution >= 4 is 17.2 Å². The minimum Gasteiger partial charge on any atom is -0.369 e. The molecule has 1 aliphatic carbocycles. The molecule has 0 saturated carbocycles. The zero-order chi connectivity index (χ0) is 13.8. The molecule has 0 aromatic carbocycles. The fourth-order valence-corrected chi connectivity index (χ4v) is 3.14. The van der Waals surface area contributed by atoms with Gasteiger partial charge in [-0.15, -0.1) is 11.3 Å². The van der Waals surface area contributed by atoms with Gasteiger partial charge in [0.1, 0.15) is 11.9 Å². The predicted octanol–water partition coefficient (Wildman–Crippen LogP) is 2.94. The molecule has 0 saturated heterocycles. The second-order valence-electron chi connectivity index (χ2n) is 4.91. The first-order valence-corrected chi connectivity index (χ1v) is 7.80. The lowest BCUT2D eigenvalue weighted by Gasteiger charge is -2.17. The number of aryl methyl sites for hydroxylation is 2. The SMILES string of the molecule is N#Cc1cc2c(nc1NCCc1nccs1)CCCC2. The smallest absolute Gasteiger partial charge is 0.144 e. The molecule has 0 amide bonds. The number of fused-ring (bicyclic) bond motifs is 1. The zero-order valence-corrected chi connectivity index (χ0v) is 12.0. The fraction of sp³-hybridized carbons (Fsp3) is 0.400. The highest BCUT2D eigenvalue weighted by Gasteiger charge is 2.14. The van der Waals surface area contributed by atoms with Gasteiger partial charge in [0.15, 0.2) is 0 Å². The van der Waals surface area contributed by atoms with Crippen LogP contribution in [0.4, 0.5) is 5.82 Å². The molecule has 1 aliphatic rings. The third-order valence-corrected chi connectivity index (χ3v) is 4.38. The van der Waals surface area contributed by atoms with Crippen LogP contribution in [-0.2, 0) is 19.3 Å². The van der Waals surface area contributed by atoms with Crippen molar-refractivity contribution in [2.45, 2.75) is 32.1 Å². The van der Waals surface area contributed by atoms with Crippen molar-refractivity contribution in [2.24, 2.45) is 0 Å². The van der Waals surface area contributed by atoms with E-state index >= 15 is 0 Å². The van der Waals surface area contributed by atoms with Crippen molar-refractivity contribution in [2.75, 3.05) is 11.9 Å². The Balaban J connectivity index is 1.73. The van der Waals surface area contributed by atoms with E-state index in [2.05, 4.69) is 21.4 Å². The van der Waals surface area contributed by atoms with Gasteiger partial charge in [0.25, 0.3) is 0 Å². The molecule has 0 bridgehead atoms. The molecule has 20 heavy (non-hydrogen) atoms. The molecule has 0 radical (unpaired) electrons. The molecule has 2 aromatic rings. The Morgan fingerprint density at radius 1 is 1.35 bits per heavy atom. The van der Waals surface area contributed by atoms with Crippen LogP contribution < -0.4 is 5.32 Å². The van der Waals surface area contributed by atoms with Crippen LogP contribution in [0, 0.1) is 11.3 Å². The highest BCUT2D eigenvalue weighted by Crippen LogP contribution is 2.24. The summed E-state index contributed by atoms with van der Waals surface area (Å²) in [5, 5.41) is 15.6. The number of anilines is 1. The zero-order valence-electron chi connectivity index (χ0n) is 11.2. The molecule has 0 spiro atoms. The van der Waals surface area contributed by atoms with Gasteiger partial charge in [0.2, 0.25) is 0 Å². The van der Waals surface area contributed by atoms with Gasteiger partial charge in [-0.2, -0.15) is 5.26 Å². The molecule has 5 heteroatoms. The summed E-state index contributed by atoms with van der Waals surface area (Å²) in [6.07, 6.45) is 7.17. The Hall–Kier alpha value is -1.93. The van der Waals surface area contributed by atoms with Crippen LogP contribution in [0.1, 0.15) is 34.7 Å². The van der Waals surface area contributed by atoms with Gasteiger partial charge in [0.05, 0.1) is 10.6 Å². The number of hydrogen-bond acceptors (Lipinski definition) is 5. The highest BCUT2D eigenvalue weighted by molar-refractivity contribution is 7.09. The third kappa shape index (κ3) is 2.81. The number of rotatable bonds is 4. The molecule has 1 N–H and O–H groups in total. The lowest BCUT2D eigenvalue weighted by atomic mass is 9.95. The van der Waals surface area contributed by atoms with E-state index in [9.17, 15) is 5.26 Å². The first-order chi connectivity index (χ1) is 9.86. The molecule has 0 atom stereocenters. The summed E-state index contributed by atoms with van der Waals surface area (Å²) in [6, 6.07) is 4.26. The molecule has 102 valence electrons. The molecule has 2 heterocycles. The number of thiazole rings is 1. The van der Waals surface area contributed by atoms with Crippen molar-refractivity contribution < 1.29 is 0 Å². The lowest BCUT2D eigenvalue weighted by molar-refractivity contribution is 0.668.